The van der Waals surface area contributed by atoms with Gasteiger partial charge in [-0.25, -0.2) is 8.78 Å². The predicted molar refractivity (Wildman–Crippen MR) is 58.6 cm³/mol. The third kappa shape index (κ3) is 1.80. The van der Waals surface area contributed by atoms with E-state index in [0.29, 0.717) is 12.3 Å². The molecule has 0 radical (unpaired) electrons. The molecule has 5 heteroatoms. The minimum Gasteiger partial charge on any atom is -0.356 e. The Kier molecular flexibility index (Phi) is 2.55. The molecule has 1 aliphatic rings. The molecule has 1 saturated heterocycles. The molecule has 2 heterocycles. The van der Waals surface area contributed by atoms with Crippen LogP contribution in [0.4, 0.5) is 8.78 Å². The van der Waals surface area contributed by atoms with Crippen LogP contribution in [0.25, 0.3) is 11.0 Å². The van der Waals surface area contributed by atoms with E-state index in [9.17, 15) is 8.78 Å². The number of rotatable bonds is 2. The van der Waals surface area contributed by atoms with Crippen molar-refractivity contribution in [2.24, 2.45) is 5.92 Å². The molecule has 2 aromatic rings. The van der Waals surface area contributed by atoms with Crippen LogP contribution in [0.15, 0.2) is 16.8 Å². The van der Waals surface area contributed by atoms with E-state index in [-0.39, 0.29) is 16.5 Å². The molecule has 1 fully saturated rings. The van der Waals surface area contributed by atoms with E-state index >= 15 is 0 Å². The molecule has 90 valence electrons. The van der Waals surface area contributed by atoms with E-state index < -0.39 is 11.6 Å². The molecule has 0 bridgehead atoms. The molecular weight excluding hydrogens is 226 g/mol. The van der Waals surface area contributed by atoms with Crippen LogP contribution in [0.1, 0.15) is 12.0 Å². The van der Waals surface area contributed by atoms with Gasteiger partial charge in [0.2, 0.25) is 0 Å². The summed E-state index contributed by atoms with van der Waals surface area (Å²) < 4.78 is 32.6. The van der Waals surface area contributed by atoms with Gasteiger partial charge in [0.05, 0.1) is 11.6 Å². The summed E-state index contributed by atoms with van der Waals surface area (Å²) in [7, 11) is 0. The van der Waals surface area contributed by atoms with Gasteiger partial charge in [-0.2, -0.15) is 0 Å². The second-order valence-corrected chi connectivity index (χ2v) is 4.45. The van der Waals surface area contributed by atoms with Gasteiger partial charge in [-0.05, 0) is 31.8 Å². The van der Waals surface area contributed by atoms with Crippen molar-refractivity contribution in [1.29, 1.82) is 0 Å². The Bertz CT molecular complexity index is 547. The van der Waals surface area contributed by atoms with Crippen molar-refractivity contribution in [3.63, 3.8) is 0 Å². The summed E-state index contributed by atoms with van der Waals surface area (Å²) in [6, 6.07) is 1.21. The minimum atomic E-state index is -0.543. The molecule has 1 N–H and O–H groups in total. The van der Waals surface area contributed by atoms with Crippen LogP contribution in [-0.2, 0) is 6.42 Å². The van der Waals surface area contributed by atoms with Gasteiger partial charge in [0.15, 0.2) is 5.58 Å². The Morgan fingerprint density at radius 3 is 3.12 bits per heavy atom. The van der Waals surface area contributed by atoms with E-state index in [2.05, 4.69) is 10.5 Å². The number of fused-ring (bicyclic) bond motifs is 1. The molecule has 1 atom stereocenters. The minimum absolute atomic E-state index is 0.148. The van der Waals surface area contributed by atoms with Gasteiger partial charge in [0.1, 0.15) is 11.6 Å². The number of benzene rings is 1. The van der Waals surface area contributed by atoms with Gasteiger partial charge < -0.3 is 9.84 Å². The zero-order valence-corrected chi connectivity index (χ0v) is 9.17. The second kappa shape index (κ2) is 4.07. The van der Waals surface area contributed by atoms with Gasteiger partial charge in [0.25, 0.3) is 0 Å². The Labute approximate surface area is 96.8 Å². The fraction of sp³-hybridized carbons (Fsp3) is 0.417. The number of aromatic nitrogens is 1. The van der Waals surface area contributed by atoms with Gasteiger partial charge in [0, 0.05) is 11.6 Å². The Balaban J connectivity index is 2.01. The van der Waals surface area contributed by atoms with Crippen molar-refractivity contribution in [3.05, 3.63) is 29.5 Å². The maximum absolute atomic E-state index is 14.1. The molecule has 0 aliphatic carbocycles. The fourth-order valence-corrected chi connectivity index (χ4v) is 2.35. The molecule has 3 nitrogen and oxygen atoms in total. The summed E-state index contributed by atoms with van der Waals surface area (Å²) in [6.45, 7) is 1.74. The lowest BCUT2D eigenvalue weighted by Gasteiger charge is -2.10. The van der Waals surface area contributed by atoms with E-state index in [0.717, 1.165) is 19.5 Å². The van der Waals surface area contributed by atoms with Crippen LogP contribution in [0.5, 0.6) is 0 Å². The summed E-state index contributed by atoms with van der Waals surface area (Å²) in [6.07, 6.45) is 2.67. The quantitative estimate of drug-likeness (QED) is 0.872. The SMILES string of the molecule is Fc1cc2oncc2c(F)c1CC1CCNC1. The Hall–Kier alpha value is -1.49. The van der Waals surface area contributed by atoms with Crippen LogP contribution >= 0.6 is 0 Å². The molecule has 1 aromatic carbocycles. The first-order valence-electron chi connectivity index (χ1n) is 5.67. The van der Waals surface area contributed by atoms with Crippen LogP contribution in [0.2, 0.25) is 0 Å². The molecule has 1 aliphatic heterocycles. The maximum Gasteiger partial charge on any atom is 0.172 e. The lowest BCUT2D eigenvalue weighted by molar-refractivity contribution is 0.452. The number of halogens is 2. The number of hydrogen-bond acceptors (Lipinski definition) is 3. The lowest BCUT2D eigenvalue weighted by atomic mass is 9.97. The number of nitrogens with zero attached hydrogens (tertiary/aromatic N) is 1. The summed E-state index contributed by atoms with van der Waals surface area (Å²) in [5.74, 6) is -0.775. The highest BCUT2D eigenvalue weighted by Crippen LogP contribution is 2.27. The fourth-order valence-electron chi connectivity index (χ4n) is 2.35. The van der Waals surface area contributed by atoms with Crippen LogP contribution in [0, 0.1) is 17.6 Å². The van der Waals surface area contributed by atoms with Crippen molar-refractivity contribution in [3.8, 4) is 0 Å². The average molecular weight is 238 g/mol. The largest absolute Gasteiger partial charge is 0.356 e. The molecule has 0 amide bonds. The molecule has 0 spiro atoms. The van der Waals surface area contributed by atoms with E-state index in [4.69, 9.17) is 4.52 Å². The van der Waals surface area contributed by atoms with Gasteiger partial charge in [-0.1, -0.05) is 5.16 Å². The zero-order chi connectivity index (χ0) is 11.8. The van der Waals surface area contributed by atoms with Crippen molar-refractivity contribution in [1.82, 2.24) is 10.5 Å². The molecular formula is C12H12F2N2O. The third-order valence-corrected chi connectivity index (χ3v) is 3.30. The van der Waals surface area contributed by atoms with Crippen molar-refractivity contribution in [2.45, 2.75) is 12.8 Å². The van der Waals surface area contributed by atoms with Gasteiger partial charge in [-0.3, -0.25) is 0 Å². The average Bonchev–Trinajstić information content (AvgIpc) is 2.94. The Morgan fingerprint density at radius 2 is 2.35 bits per heavy atom. The summed E-state index contributed by atoms with van der Waals surface area (Å²) in [4.78, 5) is 0. The van der Waals surface area contributed by atoms with Crippen molar-refractivity contribution in [2.75, 3.05) is 13.1 Å². The van der Waals surface area contributed by atoms with Gasteiger partial charge >= 0.3 is 0 Å². The lowest BCUT2D eigenvalue weighted by Crippen LogP contribution is -2.12. The second-order valence-electron chi connectivity index (χ2n) is 4.45. The van der Waals surface area contributed by atoms with Crippen molar-refractivity contribution >= 4 is 11.0 Å². The first-order valence-corrected chi connectivity index (χ1v) is 5.67. The van der Waals surface area contributed by atoms with Crippen LogP contribution in [-0.4, -0.2) is 18.2 Å². The first-order chi connectivity index (χ1) is 8.25. The normalized spacial score (nSPS) is 20.2. The maximum atomic E-state index is 14.1. The predicted octanol–water partition coefficient (Wildman–Crippen LogP) is 2.26. The molecule has 17 heavy (non-hydrogen) atoms. The van der Waals surface area contributed by atoms with E-state index in [1.54, 1.807) is 0 Å². The monoisotopic (exact) mass is 238 g/mol. The Morgan fingerprint density at radius 1 is 1.47 bits per heavy atom. The van der Waals surface area contributed by atoms with E-state index in [1.807, 2.05) is 0 Å². The first kappa shape index (κ1) is 10.7. The molecule has 1 aromatic heterocycles. The molecule has 1 unspecified atom stereocenters. The number of nitrogens with one attached hydrogen (secondary N) is 1. The van der Waals surface area contributed by atoms with E-state index in [1.165, 1.54) is 12.3 Å². The van der Waals surface area contributed by atoms with Crippen LogP contribution < -0.4 is 5.32 Å². The van der Waals surface area contributed by atoms with Crippen LogP contribution in [0.3, 0.4) is 0 Å². The smallest absolute Gasteiger partial charge is 0.172 e. The zero-order valence-electron chi connectivity index (χ0n) is 9.17. The number of hydrogen-bond donors (Lipinski definition) is 1. The highest BCUT2D eigenvalue weighted by Gasteiger charge is 2.22. The molecule has 0 saturated carbocycles. The van der Waals surface area contributed by atoms with Crippen molar-refractivity contribution < 1.29 is 13.3 Å². The summed E-state index contributed by atoms with van der Waals surface area (Å²) in [5.41, 5.74) is 0.308. The standard InChI is InChI=1S/C12H12F2N2O/c13-10-4-11-9(6-16-17-11)12(14)8(10)3-7-1-2-15-5-7/h4,6-7,15H,1-3,5H2. The topological polar surface area (TPSA) is 38.1 Å². The highest BCUT2D eigenvalue weighted by molar-refractivity contribution is 5.77. The van der Waals surface area contributed by atoms with Gasteiger partial charge in [-0.15, -0.1) is 0 Å². The summed E-state index contributed by atoms with van der Waals surface area (Å²) in [5, 5.41) is 6.93. The highest BCUT2D eigenvalue weighted by atomic mass is 19.1. The third-order valence-electron chi connectivity index (χ3n) is 3.30. The molecule has 3 rings (SSSR count). The summed E-state index contributed by atoms with van der Waals surface area (Å²) >= 11 is 0.